The first kappa shape index (κ1) is 21.6. The van der Waals surface area contributed by atoms with Crippen molar-refractivity contribution in [2.24, 2.45) is 4.99 Å². The molecule has 0 fully saturated rings. The number of carbonyl (C=O) groups excluding carboxylic acids is 1. The van der Waals surface area contributed by atoms with Gasteiger partial charge in [-0.1, -0.05) is 0 Å². The van der Waals surface area contributed by atoms with Crippen molar-refractivity contribution in [2.75, 3.05) is 33.4 Å². The van der Waals surface area contributed by atoms with Crippen LogP contribution in [0.2, 0.25) is 0 Å². The number of hydrogen-bond acceptors (Lipinski definition) is 4. The van der Waals surface area contributed by atoms with Gasteiger partial charge >= 0.3 is 0 Å². The third kappa shape index (κ3) is 10.9. The standard InChI is InChI=1S/C14H31N5O3S/c1-13(2,3)17-11(20)9-19(7)12(15-6)16-10-14(4,5)18-23(8,21)22/h18H,9-10H2,1-8H3,(H,15,16)(H,17,20). The lowest BCUT2D eigenvalue weighted by Gasteiger charge is -2.29. The van der Waals surface area contributed by atoms with E-state index in [0.29, 0.717) is 12.5 Å². The molecule has 0 heterocycles. The summed E-state index contributed by atoms with van der Waals surface area (Å²) < 4.78 is 25.2. The number of guanidine groups is 1. The lowest BCUT2D eigenvalue weighted by Crippen LogP contribution is -2.54. The van der Waals surface area contributed by atoms with E-state index in [1.807, 2.05) is 20.8 Å². The normalized spacial score (nSPS) is 13.7. The monoisotopic (exact) mass is 349 g/mol. The zero-order valence-corrected chi connectivity index (χ0v) is 16.3. The highest BCUT2D eigenvalue weighted by molar-refractivity contribution is 7.88. The molecule has 136 valence electrons. The lowest BCUT2D eigenvalue weighted by molar-refractivity contribution is -0.122. The number of carbonyl (C=O) groups is 1. The molecular weight excluding hydrogens is 318 g/mol. The van der Waals surface area contributed by atoms with Crippen molar-refractivity contribution >= 4 is 21.9 Å². The Hall–Kier alpha value is -1.35. The van der Waals surface area contributed by atoms with Crippen molar-refractivity contribution in [1.29, 1.82) is 0 Å². The highest BCUT2D eigenvalue weighted by Gasteiger charge is 2.23. The highest BCUT2D eigenvalue weighted by atomic mass is 32.2. The molecule has 0 radical (unpaired) electrons. The first-order valence-corrected chi connectivity index (χ1v) is 9.26. The number of nitrogens with zero attached hydrogens (tertiary/aromatic N) is 2. The van der Waals surface area contributed by atoms with Crippen molar-refractivity contribution in [1.82, 2.24) is 20.3 Å². The molecule has 0 saturated heterocycles. The number of rotatable bonds is 6. The Kier molecular flexibility index (Phi) is 7.49. The van der Waals surface area contributed by atoms with E-state index in [2.05, 4.69) is 20.3 Å². The summed E-state index contributed by atoms with van der Waals surface area (Å²) in [6, 6.07) is 0. The second kappa shape index (κ2) is 7.96. The average molecular weight is 350 g/mol. The molecule has 0 aliphatic heterocycles. The maximum atomic E-state index is 12.0. The van der Waals surface area contributed by atoms with E-state index in [4.69, 9.17) is 0 Å². The topological polar surface area (TPSA) is 103 Å². The van der Waals surface area contributed by atoms with E-state index in [0.717, 1.165) is 6.26 Å². The molecule has 9 heteroatoms. The molecule has 1 amide bonds. The number of nitrogens with one attached hydrogen (secondary N) is 3. The quantitative estimate of drug-likeness (QED) is 0.453. The van der Waals surface area contributed by atoms with Crippen LogP contribution < -0.4 is 15.4 Å². The third-order valence-electron chi connectivity index (χ3n) is 2.62. The SMILES string of the molecule is CN=C(NCC(C)(C)NS(C)(=O)=O)N(C)CC(=O)NC(C)(C)C. The van der Waals surface area contributed by atoms with E-state index in [-0.39, 0.29) is 18.0 Å². The molecular formula is C14H31N5O3S. The maximum Gasteiger partial charge on any atom is 0.240 e. The molecule has 0 spiro atoms. The molecule has 8 nitrogen and oxygen atoms in total. The van der Waals surface area contributed by atoms with Crippen LogP contribution in [0, 0.1) is 0 Å². The van der Waals surface area contributed by atoms with Crippen LogP contribution in [0.25, 0.3) is 0 Å². The molecule has 0 rings (SSSR count). The Morgan fingerprint density at radius 3 is 2.09 bits per heavy atom. The molecule has 0 aromatic rings. The number of sulfonamides is 1. The van der Waals surface area contributed by atoms with Gasteiger partial charge in [0.15, 0.2) is 5.96 Å². The van der Waals surface area contributed by atoms with E-state index in [1.54, 1.807) is 32.8 Å². The summed E-state index contributed by atoms with van der Waals surface area (Å²) in [6.07, 6.45) is 1.12. The lowest BCUT2D eigenvalue weighted by atomic mass is 10.1. The molecule has 0 aliphatic rings. The smallest absolute Gasteiger partial charge is 0.240 e. The average Bonchev–Trinajstić information content (AvgIpc) is 2.22. The minimum atomic E-state index is -3.30. The molecule has 0 atom stereocenters. The zero-order chi connectivity index (χ0) is 18.5. The van der Waals surface area contributed by atoms with Crippen LogP contribution in [0.15, 0.2) is 4.99 Å². The minimum Gasteiger partial charge on any atom is -0.354 e. The molecule has 0 unspecified atom stereocenters. The molecule has 0 aliphatic carbocycles. The van der Waals surface area contributed by atoms with Gasteiger partial charge in [-0.3, -0.25) is 9.79 Å². The van der Waals surface area contributed by atoms with Crippen molar-refractivity contribution < 1.29 is 13.2 Å². The Morgan fingerprint density at radius 1 is 1.17 bits per heavy atom. The fourth-order valence-electron chi connectivity index (χ4n) is 1.97. The summed E-state index contributed by atoms with van der Waals surface area (Å²) in [7, 11) is 0.0496. The fourth-order valence-corrected chi connectivity index (χ4v) is 3.05. The van der Waals surface area contributed by atoms with Gasteiger partial charge in [0.1, 0.15) is 0 Å². The van der Waals surface area contributed by atoms with Crippen molar-refractivity contribution in [3.8, 4) is 0 Å². The first-order chi connectivity index (χ1) is 10.2. The van der Waals surface area contributed by atoms with Crippen LogP contribution in [-0.2, 0) is 14.8 Å². The predicted molar refractivity (Wildman–Crippen MR) is 93.9 cm³/mol. The number of amides is 1. The first-order valence-electron chi connectivity index (χ1n) is 7.37. The van der Waals surface area contributed by atoms with Crippen molar-refractivity contribution in [3.05, 3.63) is 0 Å². The van der Waals surface area contributed by atoms with Crippen LogP contribution in [0.5, 0.6) is 0 Å². The molecule has 0 bridgehead atoms. The van der Waals surface area contributed by atoms with Gasteiger partial charge in [-0.25, -0.2) is 13.1 Å². The van der Waals surface area contributed by atoms with Crippen LogP contribution >= 0.6 is 0 Å². The van der Waals surface area contributed by atoms with Crippen LogP contribution in [0.4, 0.5) is 0 Å². The summed E-state index contributed by atoms with van der Waals surface area (Å²) in [4.78, 5) is 17.7. The Morgan fingerprint density at radius 2 is 1.70 bits per heavy atom. The molecule has 0 aromatic carbocycles. The highest BCUT2D eigenvalue weighted by Crippen LogP contribution is 2.03. The number of aliphatic imine (C=N–C) groups is 1. The van der Waals surface area contributed by atoms with Gasteiger partial charge in [-0.15, -0.1) is 0 Å². The minimum absolute atomic E-state index is 0.114. The molecule has 3 N–H and O–H groups in total. The van der Waals surface area contributed by atoms with Gasteiger partial charge < -0.3 is 15.5 Å². The predicted octanol–water partition coefficient (Wildman–Crippen LogP) is -0.264. The number of hydrogen-bond donors (Lipinski definition) is 3. The largest absolute Gasteiger partial charge is 0.354 e. The van der Waals surface area contributed by atoms with Crippen molar-refractivity contribution in [2.45, 2.75) is 45.7 Å². The molecule has 0 aromatic heterocycles. The van der Waals surface area contributed by atoms with Gasteiger partial charge in [-0.2, -0.15) is 0 Å². The fraction of sp³-hybridized carbons (Fsp3) is 0.857. The van der Waals surface area contributed by atoms with Gasteiger partial charge in [0.05, 0.1) is 12.8 Å². The van der Waals surface area contributed by atoms with Crippen LogP contribution in [0.1, 0.15) is 34.6 Å². The van der Waals surface area contributed by atoms with E-state index in [9.17, 15) is 13.2 Å². The van der Waals surface area contributed by atoms with Gasteiger partial charge in [-0.05, 0) is 34.6 Å². The summed E-state index contributed by atoms with van der Waals surface area (Å²) >= 11 is 0. The van der Waals surface area contributed by atoms with E-state index in [1.165, 1.54) is 0 Å². The van der Waals surface area contributed by atoms with Gasteiger partial charge in [0.25, 0.3) is 0 Å². The summed E-state index contributed by atoms with van der Waals surface area (Å²) in [5.74, 6) is 0.397. The van der Waals surface area contributed by atoms with E-state index >= 15 is 0 Å². The second-order valence-corrected chi connectivity index (χ2v) is 9.06. The maximum absolute atomic E-state index is 12.0. The number of likely N-dealkylation sites (N-methyl/N-ethyl adjacent to an activating group) is 1. The van der Waals surface area contributed by atoms with Crippen molar-refractivity contribution in [3.63, 3.8) is 0 Å². The Balaban J connectivity index is 4.64. The van der Waals surface area contributed by atoms with Crippen LogP contribution in [-0.4, -0.2) is 69.7 Å². The summed E-state index contributed by atoms with van der Waals surface area (Å²) in [5.41, 5.74) is -0.978. The van der Waals surface area contributed by atoms with Crippen LogP contribution in [0.3, 0.4) is 0 Å². The summed E-state index contributed by atoms with van der Waals surface area (Å²) in [5, 5.41) is 5.95. The Labute approximate surface area is 140 Å². The molecule has 0 saturated carbocycles. The van der Waals surface area contributed by atoms with E-state index < -0.39 is 15.6 Å². The third-order valence-corrected chi connectivity index (χ3v) is 3.54. The van der Waals surface area contributed by atoms with Gasteiger partial charge in [0, 0.05) is 31.7 Å². The Bertz CT molecular complexity index is 535. The van der Waals surface area contributed by atoms with Gasteiger partial charge in [0.2, 0.25) is 15.9 Å². The second-order valence-electron chi connectivity index (χ2n) is 7.31. The zero-order valence-electron chi connectivity index (χ0n) is 15.4. The molecule has 23 heavy (non-hydrogen) atoms. The summed E-state index contributed by atoms with van der Waals surface area (Å²) in [6.45, 7) is 9.75.